The lowest BCUT2D eigenvalue weighted by Crippen LogP contribution is -2.36. The Morgan fingerprint density at radius 2 is 2.56 bits per heavy atom. The van der Waals surface area contributed by atoms with Crippen LogP contribution >= 0.6 is 11.3 Å². The first kappa shape index (κ1) is 13.3. The van der Waals surface area contributed by atoms with Crippen LogP contribution in [0, 0.1) is 0 Å². The number of hydrogen-bond acceptors (Lipinski definition) is 6. The zero-order valence-electron chi connectivity index (χ0n) is 10.8. The normalized spacial score (nSPS) is 20.0. The number of esters is 1. The number of likely N-dealkylation sites (tertiary alicyclic amines) is 1. The fourth-order valence-electron chi connectivity index (χ4n) is 2.23. The van der Waals surface area contributed by atoms with E-state index >= 15 is 0 Å². The van der Waals surface area contributed by atoms with E-state index in [2.05, 4.69) is 22.1 Å². The van der Waals surface area contributed by atoms with Crippen LogP contribution in [0.1, 0.15) is 24.6 Å². The van der Waals surface area contributed by atoms with Crippen LogP contribution in [0.25, 0.3) is 0 Å². The first-order valence-corrected chi connectivity index (χ1v) is 7.06. The lowest BCUT2D eigenvalue weighted by atomic mass is 10.2. The number of aromatic nitrogens is 1. The quantitative estimate of drug-likeness (QED) is 0.825. The van der Waals surface area contributed by atoms with Crippen LogP contribution in [-0.2, 0) is 16.1 Å². The molecule has 1 fully saturated rings. The minimum Gasteiger partial charge on any atom is -0.468 e. The molecule has 0 bridgehead atoms. The van der Waals surface area contributed by atoms with Crippen LogP contribution in [0.4, 0.5) is 5.13 Å². The molecule has 1 aromatic rings. The third-order valence-corrected chi connectivity index (χ3v) is 4.02. The fraction of sp³-hybridized carbons (Fsp3) is 0.667. The molecule has 1 unspecified atom stereocenters. The molecule has 0 aliphatic carbocycles. The molecule has 2 heterocycles. The summed E-state index contributed by atoms with van der Waals surface area (Å²) in [4.78, 5) is 19.3. The first-order valence-electron chi connectivity index (χ1n) is 6.25. The molecule has 0 radical (unpaired) electrons. The van der Waals surface area contributed by atoms with Crippen LogP contribution < -0.4 is 5.32 Å². The molecule has 1 saturated heterocycles. The maximum absolute atomic E-state index is 11.6. The Bertz CT molecular complexity index is 408. The number of nitrogens with one attached hydrogen (secondary N) is 1. The number of methoxy groups -OCH3 is 1. The van der Waals surface area contributed by atoms with Crippen molar-refractivity contribution in [3.8, 4) is 0 Å². The smallest absolute Gasteiger partial charge is 0.323 e. The summed E-state index contributed by atoms with van der Waals surface area (Å²) in [6.07, 6.45) is 3.83. The van der Waals surface area contributed by atoms with Gasteiger partial charge in [0.15, 0.2) is 5.13 Å². The largest absolute Gasteiger partial charge is 0.468 e. The molecule has 18 heavy (non-hydrogen) atoms. The van der Waals surface area contributed by atoms with Gasteiger partial charge in [-0.15, -0.1) is 11.3 Å². The summed E-state index contributed by atoms with van der Waals surface area (Å²) in [6, 6.07) is -0.0836. The predicted octanol–water partition coefficient (Wildman–Crippen LogP) is 1.71. The van der Waals surface area contributed by atoms with E-state index in [-0.39, 0.29) is 12.0 Å². The third-order valence-electron chi connectivity index (χ3n) is 3.08. The number of ether oxygens (including phenoxy) is 1. The second kappa shape index (κ2) is 6.15. The molecule has 1 atom stereocenters. The Hall–Kier alpha value is -1.14. The summed E-state index contributed by atoms with van der Waals surface area (Å²) in [5, 5.41) is 4.14. The lowest BCUT2D eigenvalue weighted by molar-refractivity contribution is -0.146. The monoisotopic (exact) mass is 269 g/mol. The van der Waals surface area contributed by atoms with Crippen LogP contribution in [0.15, 0.2) is 6.20 Å². The lowest BCUT2D eigenvalue weighted by Gasteiger charge is -2.21. The van der Waals surface area contributed by atoms with E-state index in [1.807, 2.05) is 6.20 Å². The van der Waals surface area contributed by atoms with Gasteiger partial charge in [-0.25, -0.2) is 4.98 Å². The minimum atomic E-state index is -0.121. The molecular weight excluding hydrogens is 250 g/mol. The van der Waals surface area contributed by atoms with Crippen LogP contribution in [0.3, 0.4) is 0 Å². The fourth-order valence-corrected chi connectivity index (χ4v) is 3.14. The van der Waals surface area contributed by atoms with E-state index < -0.39 is 0 Å². The molecule has 6 heteroatoms. The van der Waals surface area contributed by atoms with Gasteiger partial charge in [-0.2, -0.15) is 0 Å². The summed E-state index contributed by atoms with van der Waals surface area (Å²) in [6.45, 7) is 4.66. The van der Waals surface area contributed by atoms with Crippen LogP contribution in [-0.4, -0.2) is 42.1 Å². The number of rotatable bonds is 5. The van der Waals surface area contributed by atoms with Crippen molar-refractivity contribution in [3.05, 3.63) is 11.1 Å². The van der Waals surface area contributed by atoms with Crippen molar-refractivity contribution in [2.75, 3.05) is 25.5 Å². The van der Waals surface area contributed by atoms with Crippen molar-refractivity contribution in [1.29, 1.82) is 0 Å². The molecule has 0 saturated carbocycles. The van der Waals surface area contributed by atoms with Gasteiger partial charge in [0.2, 0.25) is 0 Å². The van der Waals surface area contributed by atoms with E-state index in [4.69, 9.17) is 4.74 Å². The zero-order chi connectivity index (χ0) is 13.0. The summed E-state index contributed by atoms with van der Waals surface area (Å²) in [5.41, 5.74) is 0. The number of anilines is 1. The highest BCUT2D eigenvalue weighted by Crippen LogP contribution is 2.25. The number of thiazole rings is 1. The first-order chi connectivity index (χ1) is 8.74. The van der Waals surface area contributed by atoms with Crippen molar-refractivity contribution in [3.63, 3.8) is 0 Å². The number of carbonyl (C=O) groups is 1. The summed E-state index contributed by atoms with van der Waals surface area (Å²) < 4.78 is 4.84. The molecule has 1 N–H and O–H groups in total. The highest BCUT2D eigenvalue weighted by molar-refractivity contribution is 7.15. The Balaban J connectivity index is 1.96. The molecule has 5 nitrogen and oxygen atoms in total. The third kappa shape index (κ3) is 3.00. The number of hydrogen-bond donors (Lipinski definition) is 1. The molecule has 1 aliphatic rings. The average molecular weight is 269 g/mol. The maximum Gasteiger partial charge on any atom is 0.323 e. The van der Waals surface area contributed by atoms with E-state index in [0.717, 1.165) is 37.6 Å². The van der Waals surface area contributed by atoms with Gasteiger partial charge >= 0.3 is 5.97 Å². The van der Waals surface area contributed by atoms with Gasteiger partial charge in [0.1, 0.15) is 6.04 Å². The zero-order valence-corrected chi connectivity index (χ0v) is 11.6. The Kier molecular flexibility index (Phi) is 4.54. The standard InChI is InChI=1S/C12H19N3O2S/c1-3-13-12-14-7-9(18-12)8-15-6-4-5-10(15)11(16)17-2/h7,10H,3-6,8H2,1-2H3,(H,13,14). The summed E-state index contributed by atoms with van der Waals surface area (Å²) in [5.74, 6) is -0.121. The van der Waals surface area contributed by atoms with Gasteiger partial charge in [-0.05, 0) is 26.3 Å². The summed E-state index contributed by atoms with van der Waals surface area (Å²) in [7, 11) is 1.45. The van der Waals surface area contributed by atoms with Crippen molar-refractivity contribution in [2.24, 2.45) is 0 Å². The second-order valence-corrected chi connectivity index (χ2v) is 5.43. The number of nitrogens with zero attached hydrogens (tertiary/aromatic N) is 2. The molecule has 1 aliphatic heterocycles. The molecule has 2 rings (SSSR count). The van der Waals surface area contributed by atoms with Crippen molar-refractivity contribution in [2.45, 2.75) is 32.4 Å². The predicted molar refractivity (Wildman–Crippen MR) is 71.7 cm³/mol. The van der Waals surface area contributed by atoms with Gasteiger partial charge in [-0.1, -0.05) is 0 Å². The second-order valence-electron chi connectivity index (χ2n) is 4.31. The maximum atomic E-state index is 11.6. The Labute approximate surface area is 111 Å². The molecule has 100 valence electrons. The Morgan fingerprint density at radius 1 is 1.72 bits per heavy atom. The van der Waals surface area contributed by atoms with Gasteiger partial charge in [0, 0.05) is 24.2 Å². The van der Waals surface area contributed by atoms with Crippen molar-refractivity contribution in [1.82, 2.24) is 9.88 Å². The molecule has 0 aromatic carbocycles. The molecular formula is C12H19N3O2S. The van der Waals surface area contributed by atoms with E-state index in [0.29, 0.717) is 0 Å². The van der Waals surface area contributed by atoms with E-state index in [1.165, 1.54) is 12.0 Å². The minimum absolute atomic E-state index is 0.0836. The average Bonchev–Trinajstić information content (AvgIpc) is 2.99. The SMILES string of the molecule is CCNc1ncc(CN2CCCC2C(=O)OC)s1. The molecule has 0 amide bonds. The van der Waals surface area contributed by atoms with Crippen LogP contribution in [0.5, 0.6) is 0 Å². The van der Waals surface area contributed by atoms with Gasteiger partial charge < -0.3 is 10.1 Å². The van der Waals surface area contributed by atoms with E-state index in [1.54, 1.807) is 11.3 Å². The van der Waals surface area contributed by atoms with Crippen LogP contribution in [0.2, 0.25) is 0 Å². The molecule has 1 aromatic heterocycles. The van der Waals surface area contributed by atoms with Gasteiger partial charge in [0.05, 0.1) is 7.11 Å². The summed E-state index contributed by atoms with van der Waals surface area (Å²) >= 11 is 1.65. The topological polar surface area (TPSA) is 54.5 Å². The number of carbonyl (C=O) groups excluding carboxylic acids is 1. The van der Waals surface area contributed by atoms with Crippen molar-refractivity contribution < 1.29 is 9.53 Å². The van der Waals surface area contributed by atoms with Crippen molar-refractivity contribution >= 4 is 22.4 Å². The highest BCUT2D eigenvalue weighted by atomic mass is 32.1. The molecule has 0 spiro atoms. The Morgan fingerprint density at radius 3 is 3.28 bits per heavy atom. The van der Waals surface area contributed by atoms with Gasteiger partial charge in [-0.3, -0.25) is 9.69 Å². The van der Waals surface area contributed by atoms with E-state index in [9.17, 15) is 4.79 Å². The highest BCUT2D eigenvalue weighted by Gasteiger charge is 2.31. The van der Waals surface area contributed by atoms with Gasteiger partial charge in [0.25, 0.3) is 0 Å².